The van der Waals surface area contributed by atoms with Crippen LogP contribution in [-0.4, -0.2) is 31.3 Å². The van der Waals surface area contributed by atoms with E-state index in [0.29, 0.717) is 23.5 Å². The Balaban J connectivity index is 2.67. The average molecular weight is 280 g/mol. The van der Waals surface area contributed by atoms with E-state index in [1.54, 1.807) is 25.3 Å². The average Bonchev–Trinajstić information content (AvgIpc) is 2.43. The zero-order valence-electron chi connectivity index (χ0n) is 12.4. The Morgan fingerprint density at radius 3 is 2.75 bits per heavy atom. The summed E-state index contributed by atoms with van der Waals surface area (Å²) in [7, 11) is 1.55. The highest BCUT2D eigenvalue weighted by Gasteiger charge is 2.19. The summed E-state index contributed by atoms with van der Waals surface area (Å²) < 4.78 is 5.10. The quantitative estimate of drug-likeness (QED) is 0.665. The molecule has 4 N–H and O–H groups in total. The second-order valence-corrected chi connectivity index (χ2v) is 5.63. The van der Waals surface area contributed by atoms with Crippen molar-refractivity contribution in [3.8, 4) is 5.75 Å². The lowest BCUT2D eigenvalue weighted by atomic mass is 9.88. The molecule has 0 bridgehead atoms. The third-order valence-corrected chi connectivity index (χ3v) is 3.24. The molecule has 1 aromatic carbocycles. The third-order valence-electron chi connectivity index (χ3n) is 3.24. The molecule has 0 heterocycles. The topological polar surface area (TPSA) is 84.6 Å². The summed E-state index contributed by atoms with van der Waals surface area (Å²) in [5.41, 5.74) is 6.60. The van der Waals surface area contributed by atoms with E-state index in [1.807, 2.05) is 0 Å². The number of nitrogens with one attached hydrogen (secondary N) is 1. The fourth-order valence-electron chi connectivity index (χ4n) is 1.92. The van der Waals surface area contributed by atoms with Crippen molar-refractivity contribution >= 4 is 11.6 Å². The maximum Gasteiger partial charge on any atom is 0.253 e. The van der Waals surface area contributed by atoms with Crippen LogP contribution in [0.15, 0.2) is 18.2 Å². The van der Waals surface area contributed by atoms with Gasteiger partial charge in [0, 0.05) is 18.8 Å². The number of ether oxygens (including phenoxy) is 1. The van der Waals surface area contributed by atoms with Crippen molar-refractivity contribution in [3.05, 3.63) is 23.8 Å². The van der Waals surface area contributed by atoms with Crippen molar-refractivity contribution in [2.45, 2.75) is 26.7 Å². The molecule has 0 unspecified atom stereocenters. The lowest BCUT2D eigenvalue weighted by Crippen LogP contribution is -2.34. The van der Waals surface area contributed by atoms with Crippen molar-refractivity contribution < 1.29 is 14.6 Å². The number of anilines is 1. The Morgan fingerprint density at radius 1 is 1.45 bits per heavy atom. The van der Waals surface area contributed by atoms with E-state index >= 15 is 0 Å². The Labute approximate surface area is 120 Å². The highest BCUT2D eigenvalue weighted by Crippen LogP contribution is 2.22. The molecule has 0 radical (unpaired) electrons. The molecule has 1 rings (SSSR count). The summed E-state index contributed by atoms with van der Waals surface area (Å²) in [5.74, 6) is 0.391. The Hall–Kier alpha value is -1.75. The first kappa shape index (κ1) is 16.3. The molecule has 0 atom stereocenters. The van der Waals surface area contributed by atoms with Crippen molar-refractivity contribution in [2.75, 3.05) is 26.0 Å². The van der Waals surface area contributed by atoms with Crippen LogP contribution in [0.4, 0.5) is 5.69 Å². The maximum atomic E-state index is 12.2. The minimum atomic E-state index is -0.210. The molecule has 0 aliphatic heterocycles. The van der Waals surface area contributed by atoms with Gasteiger partial charge in [-0.05, 0) is 36.5 Å². The monoisotopic (exact) mass is 280 g/mol. The second kappa shape index (κ2) is 7.14. The van der Waals surface area contributed by atoms with Crippen LogP contribution in [0.25, 0.3) is 0 Å². The molecule has 5 nitrogen and oxygen atoms in total. The SMILES string of the molecule is COc1ccc(N)c(C(=O)NCC(C)(C)CCCO)c1. The van der Waals surface area contributed by atoms with E-state index in [0.717, 1.165) is 12.8 Å². The molecule has 112 valence electrons. The van der Waals surface area contributed by atoms with Gasteiger partial charge >= 0.3 is 0 Å². The minimum absolute atomic E-state index is 0.0635. The molecule has 0 saturated carbocycles. The van der Waals surface area contributed by atoms with E-state index in [-0.39, 0.29) is 17.9 Å². The van der Waals surface area contributed by atoms with Crippen LogP contribution in [0, 0.1) is 5.41 Å². The highest BCUT2D eigenvalue weighted by atomic mass is 16.5. The predicted molar refractivity (Wildman–Crippen MR) is 79.8 cm³/mol. The Kier molecular flexibility index (Phi) is 5.82. The van der Waals surface area contributed by atoms with Gasteiger partial charge < -0.3 is 20.9 Å². The largest absolute Gasteiger partial charge is 0.497 e. The molecule has 0 aliphatic rings. The van der Waals surface area contributed by atoms with Crippen LogP contribution in [0.3, 0.4) is 0 Å². The molecule has 0 fully saturated rings. The number of rotatable bonds is 7. The molecular formula is C15H24N2O3. The fraction of sp³-hybridized carbons (Fsp3) is 0.533. The number of benzene rings is 1. The number of carbonyl (C=O) groups is 1. The molecule has 0 spiro atoms. The van der Waals surface area contributed by atoms with Crippen LogP contribution in [-0.2, 0) is 0 Å². The van der Waals surface area contributed by atoms with E-state index in [9.17, 15) is 4.79 Å². The van der Waals surface area contributed by atoms with Gasteiger partial charge in [0.2, 0.25) is 0 Å². The van der Waals surface area contributed by atoms with Crippen LogP contribution in [0.2, 0.25) is 0 Å². The zero-order chi connectivity index (χ0) is 15.2. The summed E-state index contributed by atoms with van der Waals surface area (Å²) >= 11 is 0. The van der Waals surface area contributed by atoms with Crippen LogP contribution in [0.1, 0.15) is 37.0 Å². The lowest BCUT2D eigenvalue weighted by molar-refractivity contribution is 0.0933. The Morgan fingerprint density at radius 2 is 2.15 bits per heavy atom. The first-order chi connectivity index (χ1) is 9.39. The van der Waals surface area contributed by atoms with Crippen LogP contribution < -0.4 is 15.8 Å². The van der Waals surface area contributed by atoms with Gasteiger partial charge in [-0.15, -0.1) is 0 Å². The van der Waals surface area contributed by atoms with Gasteiger partial charge in [0.25, 0.3) is 5.91 Å². The summed E-state index contributed by atoms with van der Waals surface area (Å²) in [6.07, 6.45) is 1.57. The van der Waals surface area contributed by atoms with E-state index in [1.165, 1.54) is 0 Å². The number of carbonyl (C=O) groups excluding carboxylic acids is 1. The summed E-state index contributed by atoms with van der Waals surface area (Å²) in [5, 5.41) is 11.7. The molecule has 20 heavy (non-hydrogen) atoms. The predicted octanol–water partition coefficient (Wildman–Crippen LogP) is 1.81. The zero-order valence-corrected chi connectivity index (χ0v) is 12.4. The molecule has 1 amide bonds. The number of hydrogen-bond acceptors (Lipinski definition) is 4. The lowest BCUT2D eigenvalue weighted by Gasteiger charge is -2.24. The summed E-state index contributed by atoms with van der Waals surface area (Å²) in [6, 6.07) is 5.01. The van der Waals surface area contributed by atoms with Gasteiger partial charge in [-0.2, -0.15) is 0 Å². The van der Waals surface area contributed by atoms with Crippen molar-refractivity contribution in [1.29, 1.82) is 0 Å². The highest BCUT2D eigenvalue weighted by molar-refractivity contribution is 5.99. The molecule has 0 aromatic heterocycles. The summed E-state index contributed by atoms with van der Waals surface area (Å²) in [6.45, 7) is 4.80. The normalized spacial score (nSPS) is 11.2. The second-order valence-electron chi connectivity index (χ2n) is 5.63. The minimum Gasteiger partial charge on any atom is -0.497 e. The molecule has 0 aliphatic carbocycles. The standard InChI is InChI=1S/C15H24N2O3/c1-15(2,7-4-8-18)10-17-14(19)12-9-11(20-3)5-6-13(12)16/h5-6,9,18H,4,7-8,10,16H2,1-3H3,(H,17,19). The van der Waals surface area contributed by atoms with Gasteiger partial charge in [0.15, 0.2) is 0 Å². The first-order valence-corrected chi connectivity index (χ1v) is 6.72. The number of aliphatic hydroxyl groups is 1. The summed E-state index contributed by atoms with van der Waals surface area (Å²) in [4.78, 5) is 12.2. The maximum absolute atomic E-state index is 12.2. The van der Waals surface area contributed by atoms with Gasteiger partial charge in [-0.25, -0.2) is 0 Å². The third kappa shape index (κ3) is 4.74. The number of methoxy groups -OCH3 is 1. The number of nitrogens with two attached hydrogens (primary N) is 1. The number of amides is 1. The van der Waals surface area contributed by atoms with E-state index in [4.69, 9.17) is 15.6 Å². The molecule has 5 heteroatoms. The van der Waals surface area contributed by atoms with Gasteiger partial charge in [-0.1, -0.05) is 13.8 Å². The Bertz CT molecular complexity index is 458. The van der Waals surface area contributed by atoms with Crippen LogP contribution in [0.5, 0.6) is 5.75 Å². The smallest absolute Gasteiger partial charge is 0.253 e. The molecule has 1 aromatic rings. The van der Waals surface area contributed by atoms with E-state index in [2.05, 4.69) is 19.2 Å². The fourth-order valence-corrected chi connectivity index (χ4v) is 1.92. The van der Waals surface area contributed by atoms with Gasteiger partial charge in [0.1, 0.15) is 5.75 Å². The van der Waals surface area contributed by atoms with Crippen LogP contribution >= 0.6 is 0 Å². The van der Waals surface area contributed by atoms with Gasteiger partial charge in [-0.3, -0.25) is 4.79 Å². The molecular weight excluding hydrogens is 256 g/mol. The van der Waals surface area contributed by atoms with E-state index < -0.39 is 0 Å². The molecule has 0 saturated heterocycles. The van der Waals surface area contributed by atoms with Crippen molar-refractivity contribution in [3.63, 3.8) is 0 Å². The number of nitrogen functional groups attached to an aromatic ring is 1. The number of hydrogen-bond donors (Lipinski definition) is 3. The van der Waals surface area contributed by atoms with Gasteiger partial charge in [0.05, 0.1) is 12.7 Å². The van der Waals surface area contributed by atoms with Crippen molar-refractivity contribution in [2.24, 2.45) is 5.41 Å². The van der Waals surface area contributed by atoms with Crippen molar-refractivity contribution in [1.82, 2.24) is 5.32 Å². The first-order valence-electron chi connectivity index (χ1n) is 6.72. The number of aliphatic hydroxyl groups excluding tert-OH is 1.